The number of pyridine rings is 1. The molecule has 0 fully saturated rings. The monoisotopic (exact) mass is 287 g/mol. The maximum Gasteiger partial charge on any atom is 0.255 e. The van der Waals surface area contributed by atoms with E-state index in [-0.39, 0.29) is 11.9 Å². The molecule has 2 heterocycles. The molecule has 0 atom stereocenters. The molecule has 0 aromatic carbocycles. The van der Waals surface area contributed by atoms with E-state index >= 15 is 0 Å². The van der Waals surface area contributed by atoms with Crippen LogP contribution in [-0.4, -0.2) is 20.7 Å². The second kappa shape index (κ2) is 6.05. The van der Waals surface area contributed by atoms with E-state index < -0.39 is 0 Å². The van der Waals surface area contributed by atoms with Crippen molar-refractivity contribution in [3.05, 3.63) is 41.0 Å². The molecule has 6 heteroatoms. The maximum absolute atomic E-state index is 12.3. The molecule has 2 rings (SSSR count). The normalized spacial score (nSPS) is 11.0. The van der Waals surface area contributed by atoms with Crippen molar-refractivity contribution in [1.82, 2.24) is 14.8 Å². The van der Waals surface area contributed by atoms with Crippen LogP contribution in [-0.2, 0) is 6.54 Å². The van der Waals surface area contributed by atoms with E-state index in [1.54, 1.807) is 18.3 Å². The highest BCUT2D eigenvalue weighted by Gasteiger charge is 2.16. The van der Waals surface area contributed by atoms with Crippen molar-refractivity contribution in [3.8, 4) is 0 Å². The van der Waals surface area contributed by atoms with Crippen LogP contribution in [0.15, 0.2) is 18.3 Å². The number of aromatic nitrogens is 3. The standard InChI is InChI=1S/C15H21N5O/c1-9(2)20-11(4)14(10(3)19-20)18-15(21)12-5-6-17-13(7-12)8-16/h5-7,9H,8,16H2,1-4H3,(H,18,21). The molecule has 0 aliphatic rings. The molecule has 1 amide bonds. The Morgan fingerprint density at radius 2 is 2.14 bits per heavy atom. The van der Waals surface area contributed by atoms with Crippen LogP contribution < -0.4 is 11.1 Å². The lowest BCUT2D eigenvalue weighted by atomic mass is 10.2. The summed E-state index contributed by atoms with van der Waals surface area (Å²) in [5.74, 6) is -0.179. The highest BCUT2D eigenvalue weighted by molar-refractivity contribution is 6.04. The largest absolute Gasteiger partial charge is 0.325 e. The Morgan fingerprint density at radius 1 is 1.43 bits per heavy atom. The molecule has 0 saturated heterocycles. The van der Waals surface area contributed by atoms with Gasteiger partial charge in [-0.2, -0.15) is 5.10 Å². The molecular formula is C15H21N5O. The number of rotatable bonds is 4. The van der Waals surface area contributed by atoms with Crippen LogP contribution in [0.2, 0.25) is 0 Å². The summed E-state index contributed by atoms with van der Waals surface area (Å²) in [5, 5.41) is 7.39. The predicted octanol–water partition coefficient (Wildman–Crippen LogP) is 2.19. The molecule has 112 valence electrons. The third-order valence-electron chi connectivity index (χ3n) is 3.34. The van der Waals surface area contributed by atoms with Gasteiger partial charge < -0.3 is 11.1 Å². The fourth-order valence-electron chi connectivity index (χ4n) is 2.26. The van der Waals surface area contributed by atoms with Gasteiger partial charge in [0.1, 0.15) is 0 Å². The lowest BCUT2D eigenvalue weighted by Gasteiger charge is -2.09. The van der Waals surface area contributed by atoms with Crippen LogP contribution in [0.1, 0.15) is 47.3 Å². The van der Waals surface area contributed by atoms with Crippen LogP contribution in [0.3, 0.4) is 0 Å². The van der Waals surface area contributed by atoms with Gasteiger partial charge in [0.25, 0.3) is 5.91 Å². The highest BCUT2D eigenvalue weighted by Crippen LogP contribution is 2.23. The Morgan fingerprint density at radius 3 is 2.71 bits per heavy atom. The summed E-state index contributed by atoms with van der Waals surface area (Å²) in [5.41, 5.74) is 9.30. The zero-order valence-corrected chi connectivity index (χ0v) is 12.8. The second-order valence-electron chi connectivity index (χ2n) is 5.28. The summed E-state index contributed by atoms with van der Waals surface area (Å²) in [6.07, 6.45) is 1.59. The molecule has 2 aromatic heterocycles. The molecular weight excluding hydrogens is 266 g/mol. The molecule has 0 unspecified atom stereocenters. The van der Waals surface area contributed by atoms with Crippen molar-refractivity contribution >= 4 is 11.6 Å². The first-order valence-electron chi connectivity index (χ1n) is 6.96. The molecule has 0 spiro atoms. The molecule has 0 bridgehead atoms. The van der Waals surface area contributed by atoms with Crippen molar-refractivity contribution < 1.29 is 4.79 Å². The minimum Gasteiger partial charge on any atom is -0.325 e. The Bertz CT molecular complexity index is 660. The zero-order valence-electron chi connectivity index (χ0n) is 12.8. The fourth-order valence-corrected chi connectivity index (χ4v) is 2.26. The van der Waals surface area contributed by atoms with Gasteiger partial charge in [-0.3, -0.25) is 14.5 Å². The minimum atomic E-state index is -0.179. The van der Waals surface area contributed by atoms with Gasteiger partial charge in [0.05, 0.1) is 22.8 Å². The van der Waals surface area contributed by atoms with Gasteiger partial charge in [-0.25, -0.2) is 0 Å². The van der Waals surface area contributed by atoms with Crippen LogP contribution in [0, 0.1) is 13.8 Å². The average molecular weight is 287 g/mol. The van der Waals surface area contributed by atoms with Gasteiger partial charge in [0.15, 0.2) is 0 Å². The van der Waals surface area contributed by atoms with E-state index in [0.717, 1.165) is 17.1 Å². The van der Waals surface area contributed by atoms with Crippen LogP contribution in [0.4, 0.5) is 5.69 Å². The summed E-state index contributed by atoms with van der Waals surface area (Å²) in [6.45, 7) is 8.26. The van der Waals surface area contributed by atoms with Gasteiger partial charge >= 0.3 is 0 Å². The number of anilines is 1. The Kier molecular flexibility index (Phi) is 4.37. The van der Waals surface area contributed by atoms with E-state index in [1.807, 2.05) is 18.5 Å². The van der Waals surface area contributed by atoms with Crippen molar-refractivity contribution in [2.24, 2.45) is 5.73 Å². The van der Waals surface area contributed by atoms with Gasteiger partial charge in [0, 0.05) is 24.3 Å². The molecule has 0 saturated carbocycles. The van der Waals surface area contributed by atoms with E-state index in [1.165, 1.54) is 0 Å². The van der Waals surface area contributed by atoms with E-state index in [2.05, 4.69) is 29.2 Å². The first-order valence-corrected chi connectivity index (χ1v) is 6.96. The molecule has 21 heavy (non-hydrogen) atoms. The Labute approximate surface area is 124 Å². The highest BCUT2D eigenvalue weighted by atomic mass is 16.1. The van der Waals surface area contributed by atoms with Gasteiger partial charge in [0.2, 0.25) is 0 Å². The number of hydrogen-bond acceptors (Lipinski definition) is 4. The summed E-state index contributed by atoms with van der Waals surface area (Å²) in [6, 6.07) is 3.62. The summed E-state index contributed by atoms with van der Waals surface area (Å²) < 4.78 is 1.91. The maximum atomic E-state index is 12.3. The first-order chi connectivity index (χ1) is 9.93. The molecule has 0 radical (unpaired) electrons. The lowest BCUT2D eigenvalue weighted by Crippen LogP contribution is -2.14. The Balaban J connectivity index is 2.27. The zero-order chi connectivity index (χ0) is 15.6. The number of nitrogens with two attached hydrogens (primary N) is 1. The molecule has 0 aliphatic carbocycles. The van der Waals surface area contributed by atoms with Crippen molar-refractivity contribution in [2.75, 3.05) is 5.32 Å². The Hall–Kier alpha value is -2.21. The van der Waals surface area contributed by atoms with Gasteiger partial charge in [-0.05, 0) is 39.8 Å². The fraction of sp³-hybridized carbons (Fsp3) is 0.400. The van der Waals surface area contributed by atoms with Crippen LogP contribution in [0.25, 0.3) is 0 Å². The second-order valence-corrected chi connectivity index (χ2v) is 5.28. The lowest BCUT2D eigenvalue weighted by molar-refractivity contribution is 0.102. The third-order valence-corrected chi connectivity index (χ3v) is 3.34. The smallest absolute Gasteiger partial charge is 0.255 e. The summed E-state index contributed by atoms with van der Waals surface area (Å²) in [7, 11) is 0. The number of hydrogen-bond donors (Lipinski definition) is 2. The number of carbonyl (C=O) groups is 1. The average Bonchev–Trinajstić information content (AvgIpc) is 2.75. The van der Waals surface area contributed by atoms with Gasteiger partial charge in [-0.1, -0.05) is 0 Å². The number of carbonyl (C=O) groups excluding carboxylic acids is 1. The van der Waals surface area contributed by atoms with E-state index in [0.29, 0.717) is 17.8 Å². The van der Waals surface area contributed by atoms with Crippen molar-refractivity contribution in [2.45, 2.75) is 40.3 Å². The van der Waals surface area contributed by atoms with Crippen LogP contribution in [0.5, 0.6) is 0 Å². The van der Waals surface area contributed by atoms with Crippen LogP contribution >= 0.6 is 0 Å². The minimum absolute atomic E-state index is 0.179. The first kappa shape index (κ1) is 15.2. The molecule has 2 aromatic rings. The summed E-state index contributed by atoms with van der Waals surface area (Å²) >= 11 is 0. The number of amides is 1. The number of nitrogens with one attached hydrogen (secondary N) is 1. The summed E-state index contributed by atoms with van der Waals surface area (Å²) in [4.78, 5) is 16.4. The molecule has 6 nitrogen and oxygen atoms in total. The van der Waals surface area contributed by atoms with Crippen molar-refractivity contribution in [1.29, 1.82) is 0 Å². The number of aryl methyl sites for hydroxylation is 1. The van der Waals surface area contributed by atoms with E-state index in [9.17, 15) is 4.79 Å². The predicted molar refractivity (Wildman–Crippen MR) is 82.2 cm³/mol. The topological polar surface area (TPSA) is 85.8 Å². The van der Waals surface area contributed by atoms with Crippen molar-refractivity contribution in [3.63, 3.8) is 0 Å². The SMILES string of the molecule is Cc1nn(C(C)C)c(C)c1NC(=O)c1ccnc(CN)c1. The quantitative estimate of drug-likeness (QED) is 0.902. The van der Waals surface area contributed by atoms with E-state index in [4.69, 9.17) is 5.73 Å². The molecule has 0 aliphatic heterocycles. The number of nitrogens with zero attached hydrogens (tertiary/aromatic N) is 3. The van der Waals surface area contributed by atoms with Gasteiger partial charge in [-0.15, -0.1) is 0 Å². The third kappa shape index (κ3) is 3.11. The molecule has 3 N–H and O–H groups in total.